The van der Waals surface area contributed by atoms with Crippen molar-refractivity contribution in [2.45, 2.75) is 13.0 Å². The van der Waals surface area contributed by atoms with Crippen LogP contribution in [0.25, 0.3) is 10.2 Å². The predicted molar refractivity (Wildman–Crippen MR) is 82.0 cm³/mol. The van der Waals surface area contributed by atoms with E-state index in [9.17, 15) is 5.11 Å². The average Bonchev–Trinajstić information content (AvgIpc) is 2.86. The third kappa shape index (κ3) is 2.50. The normalized spacial score (nSPS) is 12.5. The van der Waals surface area contributed by atoms with E-state index >= 15 is 0 Å². The monoisotopic (exact) mass is 285 g/mol. The Hall–Kier alpha value is -1.98. The molecule has 1 unspecified atom stereocenters. The lowest BCUT2D eigenvalue weighted by Gasteiger charge is -2.17. The Balaban J connectivity index is 1.95. The van der Waals surface area contributed by atoms with Gasteiger partial charge in [-0.25, -0.2) is 9.97 Å². The SMILES string of the molecule is Cc1cc2c(NC(CO)c3ccccc3)ncnc2s1. The van der Waals surface area contributed by atoms with Gasteiger partial charge in [-0.2, -0.15) is 0 Å². The van der Waals surface area contributed by atoms with Crippen molar-refractivity contribution >= 4 is 27.4 Å². The molecule has 2 N–H and O–H groups in total. The molecule has 1 atom stereocenters. The van der Waals surface area contributed by atoms with Crippen LogP contribution in [0, 0.1) is 6.92 Å². The van der Waals surface area contributed by atoms with Gasteiger partial charge in [0.05, 0.1) is 18.0 Å². The van der Waals surface area contributed by atoms with Gasteiger partial charge < -0.3 is 10.4 Å². The van der Waals surface area contributed by atoms with Crippen molar-refractivity contribution in [3.8, 4) is 0 Å². The second-order valence-electron chi connectivity index (χ2n) is 4.59. The molecule has 0 radical (unpaired) electrons. The number of thiophene rings is 1. The van der Waals surface area contributed by atoms with Crippen LogP contribution in [0.4, 0.5) is 5.82 Å². The van der Waals surface area contributed by atoms with Gasteiger partial charge in [0.15, 0.2) is 0 Å². The predicted octanol–water partition coefficient (Wildman–Crippen LogP) is 3.15. The molecule has 0 aliphatic heterocycles. The van der Waals surface area contributed by atoms with Crippen molar-refractivity contribution in [3.05, 3.63) is 53.2 Å². The molecule has 0 fully saturated rings. The number of nitrogens with zero attached hydrogens (tertiary/aromatic N) is 2. The minimum atomic E-state index is -0.172. The Labute approximate surface area is 121 Å². The maximum atomic E-state index is 9.61. The van der Waals surface area contributed by atoms with Crippen LogP contribution in [0.2, 0.25) is 0 Å². The topological polar surface area (TPSA) is 58.0 Å². The summed E-state index contributed by atoms with van der Waals surface area (Å²) in [6.45, 7) is 2.06. The second kappa shape index (κ2) is 5.56. The van der Waals surface area contributed by atoms with E-state index in [2.05, 4.69) is 28.3 Å². The molecule has 0 amide bonds. The highest BCUT2D eigenvalue weighted by atomic mass is 32.1. The number of aromatic nitrogens is 2. The van der Waals surface area contributed by atoms with Gasteiger partial charge in [-0.3, -0.25) is 0 Å². The highest BCUT2D eigenvalue weighted by Crippen LogP contribution is 2.29. The van der Waals surface area contributed by atoms with Crippen LogP contribution >= 0.6 is 11.3 Å². The quantitative estimate of drug-likeness (QED) is 0.773. The van der Waals surface area contributed by atoms with E-state index < -0.39 is 0 Å². The minimum absolute atomic E-state index is 0.0125. The molecule has 0 spiro atoms. The Kier molecular flexibility index (Phi) is 3.62. The number of fused-ring (bicyclic) bond motifs is 1. The van der Waals surface area contributed by atoms with Crippen LogP contribution in [-0.2, 0) is 0 Å². The second-order valence-corrected chi connectivity index (χ2v) is 5.82. The number of aliphatic hydroxyl groups excluding tert-OH is 1. The number of aryl methyl sites for hydroxylation is 1. The van der Waals surface area contributed by atoms with Crippen molar-refractivity contribution in [2.75, 3.05) is 11.9 Å². The van der Waals surface area contributed by atoms with Crippen LogP contribution in [0.3, 0.4) is 0 Å². The van der Waals surface area contributed by atoms with Crippen LogP contribution in [-0.4, -0.2) is 21.7 Å². The summed E-state index contributed by atoms with van der Waals surface area (Å²) in [5, 5.41) is 13.9. The fourth-order valence-corrected chi connectivity index (χ4v) is 3.02. The minimum Gasteiger partial charge on any atom is -0.394 e. The first-order valence-corrected chi connectivity index (χ1v) is 7.23. The van der Waals surface area contributed by atoms with Crippen molar-refractivity contribution in [3.63, 3.8) is 0 Å². The van der Waals surface area contributed by atoms with Gasteiger partial charge >= 0.3 is 0 Å². The summed E-state index contributed by atoms with van der Waals surface area (Å²) in [4.78, 5) is 10.7. The molecule has 1 aromatic carbocycles. The number of hydrogen-bond donors (Lipinski definition) is 2. The third-order valence-corrected chi connectivity index (χ3v) is 4.11. The Morgan fingerprint density at radius 1 is 1.25 bits per heavy atom. The van der Waals surface area contributed by atoms with Crippen LogP contribution in [0.1, 0.15) is 16.5 Å². The van der Waals surface area contributed by atoms with Gasteiger partial charge in [-0.15, -0.1) is 11.3 Å². The maximum Gasteiger partial charge on any atom is 0.138 e. The molecule has 0 aliphatic rings. The number of anilines is 1. The molecular weight excluding hydrogens is 270 g/mol. The van der Waals surface area contributed by atoms with E-state index in [1.54, 1.807) is 17.7 Å². The summed E-state index contributed by atoms with van der Waals surface area (Å²) < 4.78 is 0. The molecule has 20 heavy (non-hydrogen) atoms. The van der Waals surface area contributed by atoms with Crippen LogP contribution in [0.5, 0.6) is 0 Å². The van der Waals surface area contributed by atoms with E-state index in [1.165, 1.54) is 4.88 Å². The molecule has 3 aromatic rings. The van der Waals surface area contributed by atoms with Crippen molar-refractivity contribution in [2.24, 2.45) is 0 Å². The van der Waals surface area contributed by atoms with Gasteiger partial charge in [0.2, 0.25) is 0 Å². The number of aliphatic hydroxyl groups is 1. The highest BCUT2D eigenvalue weighted by Gasteiger charge is 2.13. The number of hydrogen-bond acceptors (Lipinski definition) is 5. The Morgan fingerprint density at radius 2 is 2.05 bits per heavy atom. The molecule has 3 rings (SSSR count). The lowest BCUT2D eigenvalue weighted by atomic mass is 10.1. The van der Waals surface area contributed by atoms with Gasteiger partial charge in [0.1, 0.15) is 17.0 Å². The van der Waals surface area contributed by atoms with E-state index in [-0.39, 0.29) is 12.6 Å². The molecule has 0 aliphatic carbocycles. The number of nitrogens with one attached hydrogen (secondary N) is 1. The fourth-order valence-electron chi connectivity index (χ4n) is 2.18. The smallest absolute Gasteiger partial charge is 0.138 e. The maximum absolute atomic E-state index is 9.61. The van der Waals surface area contributed by atoms with E-state index in [1.807, 2.05) is 30.3 Å². The van der Waals surface area contributed by atoms with E-state index in [4.69, 9.17) is 0 Å². The van der Waals surface area contributed by atoms with Crippen LogP contribution in [0.15, 0.2) is 42.7 Å². The van der Waals surface area contributed by atoms with Gasteiger partial charge in [-0.05, 0) is 18.6 Å². The average molecular weight is 285 g/mol. The zero-order valence-electron chi connectivity index (χ0n) is 11.1. The highest BCUT2D eigenvalue weighted by molar-refractivity contribution is 7.18. The molecule has 4 nitrogen and oxygen atoms in total. The Morgan fingerprint density at radius 3 is 2.80 bits per heavy atom. The summed E-state index contributed by atoms with van der Waals surface area (Å²) in [6, 6.07) is 11.8. The first-order chi connectivity index (χ1) is 9.78. The Bertz CT molecular complexity index is 711. The summed E-state index contributed by atoms with van der Waals surface area (Å²) in [5.74, 6) is 0.766. The summed E-state index contributed by atoms with van der Waals surface area (Å²) in [7, 11) is 0. The van der Waals surface area contributed by atoms with E-state index in [0.717, 1.165) is 21.6 Å². The van der Waals surface area contributed by atoms with Crippen molar-refractivity contribution < 1.29 is 5.11 Å². The lowest BCUT2D eigenvalue weighted by molar-refractivity contribution is 0.276. The molecule has 102 valence electrons. The molecule has 2 aromatic heterocycles. The summed E-state index contributed by atoms with van der Waals surface area (Å²) >= 11 is 1.64. The van der Waals surface area contributed by atoms with Gasteiger partial charge in [0.25, 0.3) is 0 Å². The third-order valence-electron chi connectivity index (χ3n) is 3.15. The first kappa shape index (κ1) is 13.0. The van der Waals surface area contributed by atoms with Crippen molar-refractivity contribution in [1.29, 1.82) is 0 Å². The molecule has 0 saturated carbocycles. The van der Waals surface area contributed by atoms with Crippen molar-refractivity contribution in [1.82, 2.24) is 9.97 Å². The van der Waals surface area contributed by atoms with Crippen LogP contribution < -0.4 is 5.32 Å². The summed E-state index contributed by atoms with van der Waals surface area (Å²) in [6.07, 6.45) is 1.56. The summed E-state index contributed by atoms with van der Waals surface area (Å²) in [5.41, 5.74) is 1.04. The first-order valence-electron chi connectivity index (χ1n) is 6.41. The number of benzene rings is 1. The fraction of sp³-hybridized carbons (Fsp3) is 0.200. The molecule has 0 bridgehead atoms. The standard InChI is InChI=1S/C15H15N3OS/c1-10-7-12-14(16-9-17-15(12)20-10)18-13(8-19)11-5-3-2-4-6-11/h2-7,9,13,19H,8H2,1H3,(H,16,17,18). The zero-order valence-corrected chi connectivity index (χ0v) is 11.9. The zero-order chi connectivity index (χ0) is 13.9. The largest absolute Gasteiger partial charge is 0.394 e. The van der Waals surface area contributed by atoms with E-state index in [0.29, 0.717) is 0 Å². The number of rotatable bonds is 4. The molecule has 0 saturated heterocycles. The molecule has 5 heteroatoms. The van der Waals surface area contributed by atoms with Gasteiger partial charge in [-0.1, -0.05) is 30.3 Å². The molecule has 2 heterocycles. The molecular formula is C15H15N3OS. The van der Waals surface area contributed by atoms with Gasteiger partial charge in [0, 0.05) is 4.88 Å². The lowest BCUT2D eigenvalue weighted by Crippen LogP contribution is -2.15.